The van der Waals surface area contributed by atoms with Crippen LogP contribution in [0.3, 0.4) is 0 Å². The molecule has 2 fully saturated rings. The highest BCUT2D eigenvalue weighted by Gasteiger charge is 2.32. The van der Waals surface area contributed by atoms with Gasteiger partial charge in [-0.25, -0.2) is 9.07 Å². The summed E-state index contributed by atoms with van der Waals surface area (Å²) in [4.78, 5) is 17.4. The second-order valence-electron chi connectivity index (χ2n) is 12.8. The number of alkyl halides is 4. The highest BCUT2D eigenvalue weighted by atomic mass is 19.4. The van der Waals surface area contributed by atoms with Crippen molar-refractivity contribution in [3.05, 3.63) is 108 Å². The molecule has 2 aliphatic heterocycles. The zero-order chi connectivity index (χ0) is 34.7. The number of halogens is 4. The van der Waals surface area contributed by atoms with E-state index in [4.69, 9.17) is 9.15 Å². The maximum absolute atomic E-state index is 15.3. The number of hydrogen-bond donors (Lipinski definition) is 1. The van der Waals surface area contributed by atoms with Crippen LogP contribution in [0, 0.1) is 0 Å². The Bertz CT molecular complexity index is 1870. The van der Waals surface area contributed by atoms with Gasteiger partial charge in [-0.05, 0) is 85.0 Å². The van der Waals surface area contributed by atoms with Crippen LogP contribution >= 0.6 is 0 Å². The molecule has 262 valence electrons. The minimum atomic E-state index is -4.72. The normalized spacial score (nSPS) is 19.4. The molecule has 2 aliphatic rings. The monoisotopic (exact) mass is 691 g/mol. The smallest absolute Gasteiger partial charge is 0.487 e. The SMILES string of the molecule is O=C(NC1CCN(Cc2ccc(OC(F)(F)F)cc2)CC1)c1cc2cc(OC3CCN(Cc4ccc(-n5cccn5)cc4)CC3F)ccc2o1. The van der Waals surface area contributed by atoms with Crippen molar-refractivity contribution in [2.75, 3.05) is 26.2 Å². The van der Waals surface area contributed by atoms with Crippen molar-refractivity contribution in [1.29, 1.82) is 0 Å². The van der Waals surface area contributed by atoms with Gasteiger partial charge in [-0.15, -0.1) is 13.2 Å². The Balaban J connectivity index is 0.867. The largest absolute Gasteiger partial charge is 0.573 e. The van der Waals surface area contributed by atoms with Gasteiger partial charge in [-0.3, -0.25) is 14.6 Å². The average molecular weight is 692 g/mol. The van der Waals surface area contributed by atoms with E-state index in [1.165, 1.54) is 12.1 Å². The number of amides is 1. The Morgan fingerprint density at radius 2 is 1.56 bits per heavy atom. The van der Waals surface area contributed by atoms with Crippen molar-refractivity contribution in [3.63, 3.8) is 0 Å². The van der Waals surface area contributed by atoms with Gasteiger partial charge in [0.2, 0.25) is 0 Å². The number of carbonyl (C=O) groups is 1. The Kier molecular flexibility index (Phi) is 9.77. The molecule has 0 aliphatic carbocycles. The molecule has 3 aromatic carbocycles. The third-order valence-electron chi connectivity index (χ3n) is 9.16. The summed E-state index contributed by atoms with van der Waals surface area (Å²) in [5.41, 5.74) is 3.49. The summed E-state index contributed by atoms with van der Waals surface area (Å²) in [5.74, 6) is 0.155. The Hall–Kier alpha value is -4.88. The zero-order valence-electron chi connectivity index (χ0n) is 27.2. The molecule has 0 saturated carbocycles. The quantitative estimate of drug-likeness (QED) is 0.160. The van der Waals surface area contributed by atoms with Crippen LogP contribution in [0.2, 0.25) is 0 Å². The molecule has 7 rings (SSSR count). The summed E-state index contributed by atoms with van der Waals surface area (Å²) in [6, 6.07) is 22.7. The van der Waals surface area contributed by atoms with E-state index in [1.54, 1.807) is 47.3 Å². The van der Waals surface area contributed by atoms with E-state index < -0.39 is 18.6 Å². The number of fused-ring (bicyclic) bond motifs is 1. The van der Waals surface area contributed by atoms with Gasteiger partial charge < -0.3 is 19.2 Å². The number of ether oxygens (including phenoxy) is 2. The van der Waals surface area contributed by atoms with Gasteiger partial charge >= 0.3 is 6.36 Å². The Morgan fingerprint density at radius 3 is 2.24 bits per heavy atom. The topological polar surface area (TPSA) is 85.0 Å². The highest BCUT2D eigenvalue weighted by molar-refractivity contribution is 5.96. The molecule has 0 bridgehead atoms. The molecule has 1 N–H and O–H groups in total. The summed E-state index contributed by atoms with van der Waals surface area (Å²) in [7, 11) is 0. The lowest BCUT2D eigenvalue weighted by Gasteiger charge is -2.34. The van der Waals surface area contributed by atoms with E-state index in [0.717, 1.165) is 42.7 Å². The number of hydrogen-bond acceptors (Lipinski definition) is 7. The third kappa shape index (κ3) is 8.45. The van der Waals surface area contributed by atoms with Crippen LogP contribution in [0.1, 0.15) is 40.9 Å². The molecular weight excluding hydrogens is 654 g/mol. The van der Waals surface area contributed by atoms with Gasteiger partial charge in [0.25, 0.3) is 5.91 Å². The van der Waals surface area contributed by atoms with Crippen LogP contribution in [-0.4, -0.2) is 76.3 Å². The first-order valence-electron chi connectivity index (χ1n) is 16.7. The van der Waals surface area contributed by atoms with E-state index in [1.807, 2.05) is 36.5 Å². The van der Waals surface area contributed by atoms with Gasteiger partial charge in [-0.2, -0.15) is 5.10 Å². The van der Waals surface area contributed by atoms with E-state index in [0.29, 0.717) is 42.8 Å². The van der Waals surface area contributed by atoms with Crippen molar-refractivity contribution < 1.29 is 36.2 Å². The van der Waals surface area contributed by atoms with Crippen LogP contribution in [-0.2, 0) is 13.1 Å². The second-order valence-corrected chi connectivity index (χ2v) is 12.8. The summed E-state index contributed by atoms with van der Waals surface area (Å²) >= 11 is 0. The summed E-state index contributed by atoms with van der Waals surface area (Å²) in [6.45, 7) is 3.67. The van der Waals surface area contributed by atoms with Crippen molar-refractivity contribution in [2.24, 2.45) is 0 Å². The molecule has 0 radical (unpaired) electrons. The summed E-state index contributed by atoms with van der Waals surface area (Å²) in [6.07, 6.45) is -0.829. The molecule has 4 heterocycles. The van der Waals surface area contributed by atoms with Crippen molar-refractivity contribution in [1.82, 2.24) is 24.9 Å². The Morgan fingerprint density at radius 1 is 0.880 bits per heavy atom. The number of benzene rings is 3. The molecule has 5 aromatic rings. The van der Waals surface area contributed by atoms with Crippen LogP contribution in [0.5, 0.6) is 11.5 Å². The fourth-order valence-corrected chi connectivity index (χ4v) is 6.58. The lowest BCUT2D eigenvalue weighted by atomic mass is 10.0. The Labute approximate surface area is 286 Å². The van der Waals surface area contributed by atoms with Crippen LogP contribution in [0.4, 0.5) is 17.6 Å². The van der Waals surface area contributed by atoms with Crippen LogP contribution in [0.15, 0.2) is 95.7 Å². The minimum Gasteiger partial charge on any atom is -0.487 e. The molecular formula is C37H37F4N5O4. The maximum Gasteiger partial charge on any atom is 0.573 e. The number of nitrogens with zero attached hydrogens (tertiary/aromatic N) is 4. The second kappa shape index (κ2) is 14.5. The molecule has 2 saturated heterocycles. The standard InChI is InChI=1S/C37H37F4N5O4/c38-32-24-45(23-25-2-6-29(7-3-25)46-16-1-15-42-46)19-14-34(32)48-31-10-11-33-27(20-31)21-35(49-33)36(47)43-28-12-17-44(18-13-28)22-26-4-8-30(9-5-26)50-37(39,40)41/h1-11,15-16,20-21,28,32,34H,12-14,17-19,22-24H2,(H,43,47). The number of carbonyl (C=O) groups excluding carboxylic acids is 1. The molecule has 50 heavy (non-hydrogen) atoms. The van der Waals surface area contributed by atoms with E-state index in [9.17, 15) is 18.0 Å². The molecule has 13 heteroatoms. The predicted molar refractivity (Wildman–Crippen MR) is 178 cm³/mol. The van der Waals surface area contributed by atoms with Crippen LogP contribution < -0.4 is 14.8 Å². The van der Waals surface area contributed by atoms with E-state index in [2.05, 4.69) is 25.0 Å². The van der Waals surface area contributed by atoms with E-state index in [-0.39, 0.29) is 30.0 Å². The highest BCUT2D eigenvalue weighted by Crippen LogP contribution is 2.29. The third-order valence-corrected chi connectivity index (χ3v) is 9.16. The van der Waals surface area contributed by atoms with Gasteiger partial charge in [0, 0.05) is 63.1 Å². The average Bonchev–Trinajstić information content (AvgIpc) is 3.79. The molecule has 9 nitrogen and oxygen atoms in total. The van der Waals surface area contributed by atoms with Crippen LogP contribution in [0.25, 0.3) is 16.7 Å². The van der Waals surface area contributed by atoms with Gasteiger partial charge in [0.1, 0.15) is 29.4 Å². The number of furan rings is 1. The first-order valence-corrected chi connectivity index (χ1v) is 16.7. The van der Waals surface area contributed by atoms with Gasteiger partial charge in [0.05, 0.1) is 5.69 Å². The zero-order valence-corrected chi connectivity index (χ0v) is 27.2. The number of piperidine rings is 2. The lowest BCUT2D eigenvalue weighted by molar-refractivity contribution is -0.274. The number of rotatable bonds is 10. The first-order chi connectivity index (χ1) is 24.1. The molecule has 1 amide bonds. The lowest BCUT2D eigenvalue weighted by Crippen LogP contribution is -2.46. The number of likely N-dealkylation sites (tertiary alicyclic amines) is 2. The van der Waals surface area contributed by atoms with Crippen molar-refractivity contribution >= 4 is 16.9 Å². The summed E-state index contributed by atoms with van der Waals surface area (Å²) in [5, 5.41) is 8.00. The fraction of sp³-hybridized carbons (Fsp3) is 0.351. The fourth-order valence-electron chi connectivity index (χ4n) is 6.58. The van der Waals surface area contributed by atoms with Crippen molar-refractivity contribution in [3.8, 4) is 17.2 Å². The van der Waals surface area contributed by atoms with Gasteiger partial charge in [-0.1, -0.05) is 24.3 Å². The molecule has 0 spiro atoms. The summed E-state index contributed by atoms with van der Waals surface area (Å²) < 4.78 is 70.2. The number of nitrogens with one attached hydrogen (secondary N) is 1. The predicted octanol–water partition coefficient (Wildman–Crippen LogP) is 6.90. The minimum absolute atomic E-state index is 0.0396. The number of aromatic nitrogens is 2. The maximum atomic E-state index is 15.3. The van der Waals surface area contributed by atoms with E-state index >= 15 is 4.39 Å². The molecule has 2 unspecified atom stereocenters. The molecule has 2 atom stereocenters. The van der Waals surface area contributed by atoms with Gasteiger partial charge in [0.15, 0.2) is 5.76 Å². The first kappa shape index (κ1) is 33.6. The van der Waals surface area contributed by atoms with Crippen molar-refractivity contribution in [2.45, 2.75) is 57.0 Å². The molecule has 2 aromatic heterocycles.